The van der Waals surface area contributed by atoms with Gasteiger partial charge in [-0.25, -0.2) is 4.98 Å². The maximum Gasteiger partial charge on any atom is 0.305 e. The van der Waals surface area contributed by atoms with Gasteiger partial charge in [-0.3, -0.25) is 19.1 Å². The summed E-state index contributed by atoms with van der Waals surface area (Å²) in [5.41, 5.74) is 11.2. The molecule has 0 bridgehead atoms. The summed E-state index contributed by atoms with van der Waals surface area (Å²) in [6, 6.07) is 9.91. The Hall–Kier alpha value is -5.26. The fourth-order valence-electron chi connectivity index (χ4n) is 4.89. The van der Waals surface area contributed by atoms with E-state index in [4.69, 9.17) is 29.2 Å². The van der Waals surface area contributed by atoms with Gasteiger partial charge >= 0.3 is 5.97 Å². The number of carboxylic acids is 1. The lowest BCUT2D eigenvalue weighted by Gasteiger charge is -2.20. The van der Waals surface area contributed by atoms with E-state index < -0.39 is 17.9 Å². The predicted molar refractivity (Wildman–Crippen MR) is 194 cm³/mol. The average Bonchev–Trinajstić information content (AvgIpc) is 3.57. The van der Waals surface area contributed by atoms with E-state index in [0.717, 1.165) is 17.1 Å². The second-order valence-electron chi connectivity index (χ2n) is 11.6. The zero-order valence-electron chi connectivity index (χ0n) is 30.2. The molecule has 0 saturated carbocycles. The van der Waals surface area contributed by atoms with E-state index in [2.05, 4.69) is 36.1 Å². The highest BCUT2D eigenvalue weighted by atomic mass is 16.6. The first kappa shape index (κ1) is 42.2. The molecule has 3 rings (SSSR count). The van der Waals surface area contributed by atoms with E-state index in [1.165, 1.54) is 0 Å². The number of carbonyl (C=O) groups excluding carboxylic acids is 2. The SMILES string of the molecule is Cc1ccnc(NCCCC(=O)NCC(=O)N[C@@H](CC(=O)O)c2ccc(OCCOCCOCCOCCOCCN=[N+]=[N-])c(-c3ccnn3C)c2)c1. The van der Waals surface area contributed by atoms with E-state index in [9.17, 15) is 19.5 Å². The largest absolute Gasteiger partial charge is 0.490 e. The average molecular weight is 740 g/mol. The van der Waals surface area contributed by atoms with Crippen LogP contribution < -0.4 is 20.7 Å². The minimum absolute atomic E-state index is 0.204. The Labute approximate surface area is 308 Å². The summed E-state index contributed by atoms with van der Waals surface area (Å²) in [5.74, 6) is -0.665. The second-order valence-corrected chi connectivity index (χ2v) is 11.6. The van der Waals surface area contributed by atoms with Gasteiger partial charge in [0.15, 0.2) is 0 Å². The van der Waals surface area contributed by atoms with Crippen LogP contribution in [0.25, 0.3) is 21.7 Å². The van der Waals surface area contributed by atoms with E-state index >= 15 is 0 Å². The molecular formula is C35H49N9O9. The molecule has 2 heterocycles. The monoisotopic (exact) mass is 739 g/mol. The summed E-state index contributed by atoms with van der Waals surface area (Å²) >= 11 is 0. The molecule has 1 atom stereocenters. The summed E-state index contributed by atoms with van der Waals surface area (Å²) in [7, 11) is 1.77. The number of hydrogen-bond acceptors (Lipinski definition) is 12. The fraction of sp³-hybridized carbons (Fsp3) is 0.514. The number of amides is 2. The van der Waals surface area contributed by atoms with Crippen LogP contribution in [0, 0.1) is 6.92 Å². The predicted octanol–water partition coefficient (Wildman–Crippen LogP) is 3.19. The first-order valence-corrected chi connectivity index (χ1v) is 17.3. The molecule has 2 amide bonds. The van der Waals surface area contributed by atoms with Crippen LogP contribution >= 0.6 is 0 Å². The topological polar surface area (TPSA) is 233 Å². The molecule has 0 spiro atoms. The quantitative estimate of drug-likeness (QED) is 0.0364. The number of pyridine rings is 1. The van der Waals surface area contributed by atoms with E-state index in [-0.39, 0.29) is 38.4 Å². The van der Waals surface area contributed by atoms with Crippen molar-refractivity contribution in [3.8, 4) is 17.0 Å². The molecule has 2 aromatic heterocycles. The van der Waals surface area contributed by atoms with Crippen LogP contribution in [-0.2, 0) is 40.4 Å². The van der Waals surface area contributed by atoms with Crippen molar-refractivity contribution in [3.05, 3.63) is 70.4 Å². The standard InChI is InChI=1S/C35H49N9O9/c1-26-7-10-38-32(22-26)37-9-3-4-33(45)39-25-34(46)42-29(24-35(47)48)27-5-6-31(28(23-27)30-8-11-41-44(30)2)53-21-20-52-19-18-51-17-16-50-15-14-49-13-12-40-43-36/h5-8,10-11,22-23,29H,3-4,9,12-21,24-25H2,1-2H3,(H,37,38)(H,39,45)(H,42,46)(H,47,48)/t29-/m0/s1. The lowest BCUT2D eigenvalue weighted by atomic mass is 9.99. The fourth-order valence-corrected chi connectivity index (χ4v) is 4.89. The molecule has 18 nitrogen and oxygen atoms in total. The van der Waals surface area contributed by atoms with Crippen molar-refractivity contribution in [2.24, 2.45) is 12.2 Å². The Balaban J connectivity index is 1.43. The van der Waals surface area contributed by atoms with Crippen molar-refractivity contribution >= 4 is 23.6 Å². The van der Waals surface area contributed by atoms with Gasteiger partial charge in [-0.1, -0.05) is 11.2 Å². The smallest absolute Gasteiger partial charge is 0.305 e. The molecule has 0 radical (unpaired) electrons. The first-order chi connectivity index (χ1) is 25.8. The number of nitrogens with zero attached hydrogens (tertiary/aromatic N) is 6. The number of azide groups is 1. The molecule has 0 fully saturated rings. The Bertz CT molecular complexity index is 1620. The van der Waals surface area contributed by atoms with Crippen molar-refractivity contribution in [3.63, 3.8) is 0 Å². The molecule has 3 aromatic rings. The number of aryl methyl sites for hydroxylation is 2. The van der Waals surface area contributed by atoms with Crippen molar-refractivity contribution in [2.75, 3.05) is 84.4 Å². The number of nitrogens with one attached hydrogen (secondary N) is 3. The third-order valence-electron chi connectivity index (χ3n) is 7.47. The van der Waals surface area contributed by atoms with Crippen molar-refractivity contribution in [2.45, 2.75) is 32.2 Å². The van der Waals surface area contributed by atoms with Crippen molar-refractivity contribution < 1.29 is 43.2 Å². The molecule has 0 unspecified atom stereocenters. The minimum Gasteiger partial charge on any atom is -0.490 e. The molecule has 53 heavy (non-hydrogen) atoms. The Kier molecular flexibility index (Phi) is 19.8. The van der Waals surface area contributed by atoms with Gasteiger partial charge in [0.05, 0.1) is 77.6 Å². The zero-order valence-corrected chi connectivity index (χ0v) is 30.2. The maximum atomic E-state index is 12.8. The molecule has 4 N–H and O–H groups in total. The molecule has 18 heteroatoms. The molecule has 0 aliphatic heterocycles. The van der Waals surface area contributed by atoms with Crippen LogP contribution in [0.4, 0.5) is 5.82 Å². The Morgan fingerprint density at radius 2 is 1.62 bits per heavy atom. The van der Waals surface area contributed by atoms with Crippen LogP contribution in [0.2, 0.25) is 0 Å². The number of carboxylic acid groups (broad SMARTS) is 1. The number of benzene rings is 1. The van der Waals surface area contributed by atoms with Gasteiger partial charge in [-0.2, -0.15) is 5.10 Å². The summed E-state index contributed by atoms with van der Waals surface area (Å²) in [4.78, 5) is 43.9. The van der Waals surface area contributed by atoms with Crippen LogP contribution in [0.5, 0.6) is 5.75 Å². The molecule has 0 saturated heterocycles. The van der Waals surface area contributed by atoms with Crippen LogP contribution in [0.1, 0.15) is 36.4 Å². The van der Waals surface area contributed by atoms with Crippen LogP contribution in [0.15, 0.2) is 53.9 Å². The van der Waals surface area contributed by atoms with E-state index in [1.807, 2.05) is 19.1 Å². The Morgan fingerprint density at radius 3 is 2.26 bits per heavy atom. The number of carbonyl (C=O) groups is 3. The highest BCUT2D eigenvalue weighted by molar-refractivity contribution is 5.85. The van der Waals surface area contributed by atoms with Crippen molar-refractivity contribution in [1.29, 1.82) is 0 Å². The van der Waals surface area contributed by atoms with Gasteiger partial charge in [0.1, 0.15) is 18.2 Å². The lowest BCUT2D eigenvalue weighted by Crippen LogP contribution is -2.39. The summed E-state index contributed by atoms with van der Waals surface area (Å²) in [5, 5.41) is 25.8. The van der Waals surface area contributed by atoms with E-state index in [1.54, 1.807) is 48.4 Å². The van der Waals surface area contributed by atoms with Crippen molar-refractivity contribution in [1.82, 2.24) is 25.4 Å². The number of anilines is 1. The van der Waals surface area contributed by atoms with Gasteiger partial charge < -0.3 is 44.7 Å². The molecule has 0 aliphatic carbocycles. The van der Waals surface area contributed by atoms with Gasteiger partial charge in [-0.05, 0) is 60.3 Å². The van der Waals surface area contributed by atoms with E-state index in [0.29, 0.717) is 82.7 Å². The van der Waals surface area contributed by atoms with Gasteiger partial charge in [0.25, 0.3) is 0 Å². The molecule has 288 valence electrons. The second kappa shape index (κ2) is 24.8. The third kappa shape index (κ3) is 17.2. The number of rotatable bonds is 28. The first-order valence-electron chi connectivity index (χ1n) is 17.3. The van der Waals surface area contributed by atoms with Crippen LogP contribution in [-0.4, -0.2) is 117 Å². The Morgan fingerprint density at radius 1 is 0.925 bits per heavy atom. The molecule has 1 aromatic carbocycles. The van der Waals surface area contributed by atoms with Gasteiger partial charge in [-0.15, -0.1) is 0 Å². The highest BCUT2D eigenvalue weighted by Gasteiger charge is 2.21. The number of aliphatic carboxylic acids is 1. The minimum atomic E-state index is -1.10. The van der Waals surface area contributed by atoms with Crippen LogP contribution in [0.3, 0.4) is 0 Å². The van der Waals surface area contributed by atoms with Gasteiger partial charge in [0.2, 0.25) is 11.8 Å². The zero-order chi connectivity index (χ0) is 38.1. The maximum absolute atomic E-state index is 12.8. The molecule has 0 aliphatic rings. The normalized spacial score (nSPS) is 11.4. The third-order valence-corrected chi connectivity index (χ3v) is 7.47. The summed E-state index contributed by atoms with van der Waals surface area (Å²) in [6.45, 7) is 5.76. The summed E-state index contributed by atoms with van der Waals surface area (Å²) < 4.78 is 29.5. The number of hydrogen-bond donors (Lipinski definition) is 4. The molecular weight excluding hydrogens is 690 g/mol. The number of aromatic nitrogens is 3. The summed E-state index contributed by atoms with van der Waals surface area (Å²) in [6.07, 6.45) is 3.71. The highest BCUT2D eigenvalue weighted by Crippen LogP contribution is 2.33. The van der Waals surface area contributed by atoms with Gasteiger partial charge in [0, 0.05) is 49.4 Å². The lowest BCUT2D eigenvalue weighted by molar-refractivity contribution is -0.138. The number of ether oxygens (including phenoxy) is 5.